The Morgan fingerprint density at radius 3 is 1.79 bits per heavy atom. The van der Waals surface area contributed by atoms with E-state index in [1.54, 1.807) is 0 Å². The van der Waals surface area contributed by atoms with Crippen molar-refractivity contribution in [3.8, 4) is 0 Å². The van der Waals surface area contributed by atoms with E-state index in [-0.39, 0.29) is 0 Å². The lowest BCUT2D eigenvalue weighted by molar-refractivity contribution is 0.505. The maximum Gasteiger partial charge on any atom is 0.121 e. The zero-order chi connectivity index (χ0) is 10.9. The number of aryl methyl sites for hydroxylation is 3. The van der Waals surface area contributed by atoms with Gasteiger partial charge >= 0.3 is 0 Å². The van der Waals surface area contributed by atoms with Crippen molar-refractivity contribution in [1.29, 1.82) is 0 Å². The molecule has 0 aliphatic carbocycles. The van der Waals surface area contributed by atoms with Crippen LogP contribution in [0.3, 0.4) is 0 Å². The summed E-state index contributed by atoms with van der Waals surface area (Å²) in [5, 5.41) is 9.93. The number of hydrogen-bond acceptors (Lipinski definition) is 1. The second-order valence-corrected chi connectivity index (χ2v) is 4.12. The Labute approximate surface area is 86.1 Å². The smallest absolute Gasteiger partial charge is 0.121 e. The molecule has 0 amide bonds. The fraction of sp³-hybridized carbons (Fsp3) is 0.385. The first-order chi connectivity index (χ1) is 6.43. The molecule has 76 valence electrons. The molecule has 1 rings (SSSR count). The van der Waals surface area contributed by atoms with Crippen molar-refractivity contribution in [2.24, 2.45) is 0 Å². The van der Waals surface area contributed by atoms with Crippen LogP contribution in [-0.4, -0.2) is 5.11 Å². The third-order valence-electron chi connectivity index (χ3n) is 2.39. The lowest BCUT2D eigenvalue weighted by Gasteiger charge is -2.11. The van der Waals surface area contributed by atoms with Crippen molar-refractivity contribution in [1.82, 2.24) is 0 Å². The minimum Gasteiger partial charge on any atom is -0.507 e. The molecular weight excluding hydrogens is 172 g/mol. The number of aliphatic hydroxyl groups is 1. The van der Waals surface area contributed by atoms with E-state index in [1.165, 1.54) is 5.56 Å². The van der Waals surface area contributed by atoms with Gasteiger partial charge in [-0.15, -0.1) is 0 Å². The molecule has 0 saturated carbocycles. The SMILES string of the molecule is CC(C)=C(O)c1c(C)cc(C)cc1C. The topological polar surface area (TPSA) is 20.2 Å². The van der Waals surface area contributed by atoms with Gasteiger partial charge in [0, 0.05) is 5.56 Å². The highest BCUT2D eigenvalue weighted by Gasteiger charge is 2.08. The lowest BCUT2D eigenvalue weighted by Crippen LogP contribution is -1.95. The summed E-state index contributed by atoms with van der Waals surface area (Å²) in [5.41, 5.74) is 5.46. The molecule has 0 spiro atoms. The Bertz CT molecular complexity index is 359. The van der Waals surface area contributed by atoms with Crippen LogP contribution in [0.1, 0.15) is 36.1 Å². The summed E-state index contributed by atoms with van der Waals surface area (Å²) in [6.07, 6.45) is 0. The number of benzene rings is 1. The normalized spacial score (nSPS) is 10.1. The molecule has 1 N–H and O–H groups in total. The Hall–Kier alpha value is -1.24. The molecule has 0 aromatic heterocycles. The quantitative estimate of drug-likeness (QED) is 0.665. The maximum absolute atomic E-state index is 9.93. The van der Waals surface area contributed by atoms with Gasteiger partial charge in [0.15, 0.2) is 0 Å². The summed E-state index contributed by atoms with van der Waals surface area (Å²) < 4.78 is 0. The fourth-order valence-electron chi connectivity index (χ4n) is 1.80. The largest absolute Gasteiger partial charge is 0.507 e. The van der Waals surface area contributed by atoms with Crippen molar-refractivity contribution in [2.75, 3.05) is 0 Å². The second kappa shape index (κ2) is 3.87. The summed E-state index contributed by atoms with van der Waals surface area (Å²) >= 11 is 0. The van der Waals surface area contributed by atoms with Gasteiger partial charge in [0.25, 0.3) is 0 Å². The monoisotopic (exact) mass is 190 g/mol. The molecule has 0 bridgehead atoms. The predicted octanol–water partition coefficient (Wildman–Crippen LogP) is 3.92. The highest BCUT2D eigenvalue weighted by Crippen LogP contribution is 2.24. The van der Waals surface area contributed by atoms with Crippen LogP contribution >= 0.6 is 0 Å². The average molecular weight is 190 g/mol. The van der Waals surface area contributed by atoms with Crippen LogP contribution in [0, 0.1) is 20.8 Å². The van der Waals surface area contributed by atoms with Gasteiger partial charge in [0.05, 0.1) is 0 Å². The maximum atomic E-state index is 9.93. The molecule has 1 aromatic rings. The minimum absolute atomic E-state index is 0.417. The van der Waals surface area contributed by atoms with Gasteiger partial charge in [-0.25, -0.2) is 0 Å². The van der Waals surface area contributed by atoms with Crippen LogP contribution in [-0.2, 0) is 0 Å². The third-order valence-corrected chi connectivity index (χ3v) is 2.39. The highest BCUT2D eigenvalue weighted by molar-refractivity contribution is 5.67. The van der Waals surface area contributed by atoms with E-state index < -0.39 is 0 Å². The van der Waals surface area contributed by atoms with Gasteiger partial charge in [-0.1, -0.05) is 17.7 Å². The number of allylic oxidation sites excluding steroid dienone is 1. The van der Waals surface area contributed by atoms with E-state index >= 15 is 0 Å². The minimum atomic E-state index is 0.417. The lowest BCUT2D eigenvalue weighted by atomic mass is 9.97. The zero-order valence-electron chi connectivity index (χ0n) is 9.60. The molecule has 0 radical (unpaired) electrons. The first-order valence-electron chi connectivity index (χ1n) is 4.88. The first-order valence-corrected chi connectivity index (χ1v) is 4.88. The van der Waals surface area contributed by atoms with Crippen LogP contribution < -0.4 is 0 Å². The Morgan fingerprint density at radius 2 is 1.43 bits per heavy atom. The number of aliphatic hydroxyl groups excluding tert-OH is 1. The van der Waals surface area contributed by atoms with E-state index in [0.29, 0.717) is 5.76 Å². The Morgan fingerprint density at radius 1 is 1.00 bits per heavy atom. The molecule has 0 unspecified atom stereocenters. The van der Waals surface area contributed by atoms with Crippen molar-refractivity contribution >= 4 is 5.76 Å². The van der Waals surface area contributed by atoms with Gasteiger partial charge in [-0.05, 0) is 51.3 Å². The van der Waals surface area contributed by atoms with Crippen molar-refractivity contribution in [3.05, 3.63) is 40.0 Å². The first kappa shape index (κ1) is 10.8. The molecule has 1 heteroatoms. The summed E-state index contributed by atoms with van der Waals surface area (Å²) in [6, 6.07) is 4.20. The van der Waals surface area contributed by atoms with Gasteiger partial charge in [0.2, 0.25) is 0 Å². The van der Waals surface area contributed by atoms with Crippen LogP contribution in [0.25, 0.3) is 5.76 Å². The molecule has 0 heterocycles. The zero-order valence-corrected chi connectivity index (χ0v) is 9.60. The molecule has 1 nitrogen and oxygen atoms in total. The average Bonchev–Trinajstić information content (AvgIpc) is 2.01. The van der Waals surface area contributed by atoms with Crippen molar-refractivity contribution < 1.29 is 5.11 Å². The fourth-order valence-corrected chi connectivity index (χ4v) is 1.80. The Kier molecular flexibility index (Phi) is 3.00. The third kappa shape index (κ3) is 1.98. The van der Waals surface area contributed by atoms with Gasteiger partial charge in [-0.3, -0.25) is 0 Å². The van der Waals surface area contributed by atoms with E-state index in [4.69, 9.17) is 0 Å². The van der Waals surface area contributed by atoms with Gasteiger partial charge in [-0.2, -0.15) is 0 Å². The summed E-state index contributed by atoms with van der Waals surface area (Å²) in [6.45, 7) is 9.99. The standard InChI is InChI=1S/C13H18O/c1-8(2)13(14)12-10(4)6-9(3)7-11(12)5/h6-7,14H,1-5H3. The Balaban J connectivity index is 3.43. The molecule has 14 heavy (non-hydrogen) atoms. The van der Waals surface area contributed by atoms with E-state index in [1.807, 2.05) is 27.7 Å². The second-order valence-electron chi connectivity index (χ2n) is 4.12. The van der Waals surface area contributed by atoms with Gasteiger partial charge in [0.1, 0.15) is 5.76 Å². The van der Waals surface area contributed by atoms with E-state index in [0.717, 1.165) is 22.3 Å². The van der Waals surface area contributed by atoms with Gasteiger partial charge < -0.3 is 5.11 Å². The molecule has 0 aliphatic heterocycles. The van der Waals surface area contributed by atoms with E-state index in [2.05, 4.69) is 19.1 Å². The summed E-state index contributed by atoms with van der Waals surface area (Å²) in [5.74, 6) is 0.417. The number of hydrogen-bond donors (Lipinski definition) is 1. The molecule has 0 atom stereocenters. The highest BCUT2D eigenvalue weighted by atomic mass is 16.3. The van der Waals surface area contributed by atoms with Crippen molar-refractivity contribution in [2.45, 2.75) is 34.6 Å². The summed E-state index contributed by atoms with van der Waals surface area (Å²) in [4.78, 5) is 0. The molecule has 0 saturated heterocycles. The predicted molar refractivity (Wildman–Crippen MR) is 61.5 cm³/mol. The van der Waals surface area contributed by atoms with E-state index in [9.17, 15) is 5.11 Å². The molecule has 1 aromatic carbocycles. The van der Waals surface area contributed by atoms with Crippen LogP contribution in [0.2, 0.25) is 0 Å². The van der Waals surface area contributed by atoms with Crippen LogP contribution in [0.5, 0.6) is 0 Å². The van der Waals surface area contributed by atoms with Crippen molar-refractivity contribution in [3.63, 3.8) is 0 Å². The van der Waals surface area contributed by atoms with Crippen LogP contribution in [0.15, 0.2) is 17.7 Å². The molecule has 0 aliphatic rings. The molecule has 0 fully saturated rings. The molecular formula is C13H18O. The van der Waals surface area contributed by atoms with Crippen LogP contribution in [0.4, 0.5) is 0 Å². The number of rotatable bonds is 1. The summed E-state index contributed by atoms with van der Waals surface area (Å²) in [7, 11) is 0.